The van der Waals surface area contributed by atoms with Crippen LogP contribution in [0.2, 0.25) is 0 Å². The van der Waals surface area contributed by atoms with E-state index in [9.17, 15) is 19.5 Å². The van der Waals surface area contributed by atoms with Crippen LogP contribution in [-0.2, 0) is 32.3 Å². The van der Waals surface area contributed by atoms with Crippen molar-refractivity contribution in [1.82, 2.24) is 30.5 Å². The van der Waals surface area contributed by atoms with Gasteiger partial charge in [0.05, 0.1) is 35.6 Å². The van der Waals surface area contributed by atoms with E-state index in [2.05, 4.69) is 20.9 Å². The second-order valence-electron chi connectivity index (χ2n) is 12.1. The Morgan fingerprint density at radius 1 is 1.07 bits per heavy atom. The van der Waals surface area contributed by atoms with Gasteiger partial charge in [-0.25, -0.2) is 4.68 Å². The molecular weight excluding hydrogens is 536 g/mol. The van der Waals surface area contributed by atoms with E-state index in [1.807, 2.05) is 75.4 Å². The number of ether oxygens (including phenoxy) is 1. The predicted octanol–water partition coefficient (Wildman–Crippen LogP) is 1.99. The van der Waals surface area contributed by atoms with E-state index in [1.54, 1.807) is 4.68 Å². The first-order valence-electron chi connectivity index (χ1n) is 14.8. The van der Waals surface area contributed by atoms with E-state index in [0.29, 0.717) is 31.3 Å². The summed E-state index contributed by atoms with van der Waals surface area (Å²) < 4.78 is 8.42. The Hall–Kier alpha value is -3.83. The molecule has 3 N–H and O–H groups in total. The second kappa shape index (κ2) is 10.8. The molecule has 6 rings (SSSR count). The highest BCUT2D eigenvalue weighted by Gasteiger charge is 2.79. The van der Waals surface area contributed by atoms with Crippen LogP contribution in [0.15, 0.2) is 54.6 Å². The van der Waals surface area contributed by atoms with Crippen LogP contribution in [-0.4, -0.2) is 72.6 Å². The highest BCUT2D eigenvalue weighted by atomic mass is 16.5. The van der Waals surface area contributed by atoms with Crippen LogP contribution in [0.25, 0.3) is 11.0 Å². The highest BCUT2D eigenvalue weighted by Crippen LogP contribution is 2.64. The SMILES string of the molecule is CC[C@]12CCC3(O1)C(C(=O)NCn1nnc4ccccc41)N([C@@H](CO)C(C)C)C(=O)[C@@H]3[C@H]2C(=O)NCc1ccccc1. The number of likely N-dealkylation sites (tertiary alicyclic amines) is 1. The summed E-state index contributed by atoms with van der Waals surface area (Å²) in [6.07, 6.45) is 1.57. The number of rotatable bonds is 10. The summed E-state index contributed by atoms with van der Waals surface area (Å²) in [5, 5.41) is 24.8. The Labute approximate surface area is 244 Å². The lowest BCUT2D eigenvalue weighted by molar-refractivity contribution is -0.152. The highest BCUT2D eigenvalue weighted by molar-refractivity contribution is 5.99. The summed E-state index contributed by atoms with van der Waals surface area (Å²) in [6, 6.07) is 15.4. The predicted molar refractivity (Wildman–Crippen MR) is 153 cm³/mol. The lowest BCUT2D eigenvalue weighted by atomic mass is 9.65. The zero-order valence-electron chi connectivity index (χ0n) is 24.2. The fraction of sp³-hybridized carbons (Fsp3) is 0.516. The molecule has 1 aromatic heterocycles. The van der Waals surface area contributed by atoms with Gasteiger partial charge in [0.1, 0.15) is 23.8 Å². The van der Waals surface area contributed by atoms with Crippen molar-refractivity contribution < 1.29 is 24.2 Å². The molecule has 11 heteroatoms. The van der Waals surface area contributed by atoms with E-state index < -0.39 is 41.0 Å². The van der Waals surface area contributed by atoms with Crippen molar-refractivity contribution in [3.05, 3.63) is 60.2 Å². The standard InChI is InChI=1S/C31H38N6O5/c1-4-30-14-15-31(42-30)25(24(30)27(39)32-16-20-10-6-5-7-11-20)29(41)37(23(17-38)19(2)3)26(31)28(40)33-18-36-22-13-9-8-12-21(22)34-35-36/h5-13,19,23-26,38H,4,14-18H2,1-3H3,(H,32,39)(H,33,40)/t23-,24-,25-,26?,30+,31?/m0/s1. The fourth-order valence-corrected chi connectivity index (χ4v) is 7.51. The van der Waals surface area contributed by atoms with Crippen molar-refractivity contribution >= 4 is 28.8 Å². The number of aromatic nitrogens is 3. The van der Waals surface area contributed by atoms with E-state index in [0.717, 1.165) is 11.1 Å². The number of para-hydroxylation sites is 1. The number of hydrogen-bond donors (Lipinski definition) is 3. The van der Waals surface area contributed by atoms with Crippen LogP contribution >= 0.6 is 0 Å². The fourth-order valence-electron chi connectivity index (χ4n) is 7.51. The second-order valence-corrected chi connectivity index (χ2v) is 12.1. The molecule has 2 bridgehead atoms. The first-order chi connectivity index (χ1) is 20.3. The molecule has 3 aliphatic rings. The molecule has 0 radical (unpaired) electrons. The van der Waals surface area contributed by atoms with E-state index in [1.165, 1.54) is 4.90 Å². The van der Waals surface area contributed by atoms with Crippen LogP contribution in [0, 0.1) is 17.8 Å². The molecule has 3 saturated heterocycles. The summed E-state index contributed by atoms with van der Waals surface area (Å²) in [6.45, 7) is 5.85. The molecule has 42 heavy (non-hydrogen) atoms. The number of aliphatic hydroxyl groups excluding tert-OH is 1. The first-order valence-corrected chi connectivity index (χ1v) is 14.8. The maximum Gasteiger partial charge on any atom is 0.247 e. The molecule has 0 aliphatic carbocycles. The van der Waals surface area contributed by atoms with Gasteiger partial charge in [-0.1, -0.05) is 68.4 Å². The number of amides is 3. The Bertz CT molecular complexity index is 1490. The summed E-state index contributed by atoms with van der Waals surface area (Å²) in [5.74, 6) is -2.69. The smallest absolute Gasteiger partial charge is 0.247 e. The molecule has 222 valence electrons. The van der Waals surface area contributed by atoms with Gasteiger partial charge in [-0.05, 0) is 42.9 Å². The molecule has 0 saturated carbocycles. The maximum atomic E-state index is 14.4. The number of nitrogens with one attached hydrogen (secondary N) is 2. The Balaban J connectivity index is 1.33. The monoisotopic (exact) mass is 574 g/mol. The zero-order valence-corrected chi connectivity index (χ0v) is 24.2. The average Bonchev–Trinajstić information content (AvgIpc) is 3.73. The van der Waals surface area contributed by atoms with Gasteiger partial charge >= 0.3 is 0 Å². The summed E-state index contributed by atoms with van der Waals surface area (Å²) in [5.41, 5.74) is 0.392. The van der Waals surface area contributed by atoms with Gasteiger partial charge in [0.15, 0.2) is 0 Å². The largest absolute Gasteiger partial charge is 0.394 e. The Kier molecular flexibility index (Phi) is 7.26. The van der Waals surface area contributed by atoms with Crippen LogP contribution in [0.5, 0.6) is 0 Å². The zero-order chi connectivity index (χ0) is 29.6. The molecule has 2 unspecified atom stereocenters. The van der Waals surface area contributed by atoms with Gasteiger partial charge in [-0.2, -0.15) is 0 Å². The van der Waals surface area contributed by atoms with Crippen LogP contribution in [0.3, 0.4) is 0 Å². The van der Waals surface area contributed by atoms with Crippen LogP contribution < -0.4 is 10.6 Å². The minimum absolute atomic E-state index is 0.0456. The van der Waals surface area contributed by atoms with Gasteiger partial charge in [-0.3, -0.25) is 14.4 Å². The average molecular weight is 575 g/mol. The first kappa shape index (κ1) is 28.3. The van der Waals surface area contributed by atoms with Gasteiger partial charge in [0, 0.05) is 6.54 Å². The molecule has 3 fully saturated rings. The third-order valence-corrected chi connectivity index (χ3v) is 9.60. The number of benzene rings is 2. The van der Waals surface area contributed by atoms with Crippen LogP contribution in [0.1, 0.15) is 45.6 Å². The third-order valence-electron chi connectivity index (χ3n) is 9.60. The number of nitrogens with zero attached hydrogens (tertiary/aromatic N) is 4. The minimum atomic E-state index is -1.18. The molecule has 11 nitrogen and oxygen atoms in total. The molecule has 2 aromatic carbocycles. The lowest BCUT2D eigenvalue weighted by Gasteiger charge is -2.38. The molecule has 3 aromatic rings. The number of fused-ring (bicyclic) bond motifs is 2. The lowest BCUT2D eigenvalue weighted by Crippen LogP contribution is -2.59. The van der Waals surface area contributed by atoms with E-state index in [4.69, 9.17) is 4.74 Å². The summed E-state index contributed by atoms with van der Waals surface area (Å²) in [4.78, 5) is 43.9. The van der Waals surface area contributed by atoms with E-state index in [-0.39, 0.29) is 31.0 Å². The maximum absolute atomic E-state index is 14.4. The van der Waals surface area contributed by atoms with Crippen molar-refractivity contribution in [3.8, 4) is 0 Å². The number of carbonyl (C=O) groups is 3. The van der Waals surface area contributed by atoms with Gasteiger partial charge in [-0.15, -0.1) is 5.10 Å². The molecule has 3 aliphatic heterocycles. The van der Waals surface area contributed by atoms with Crippen molar-refractivity contribution in [2.24, 2.45) is 17.8 Å². The topological polar surface area (TPSA) is 139 Å². The molecular formula is C31H38N6O5. The van der Waals surface area contributed by atoms with Crippen molar-refractivity contribution in [1.29, 1.82) is 0 Å². The Morgan fingerprint density at radius 2 is 1.81 bits per heavy atom. The Morgan fingerprint density at radius 3 is 2.52 bits per heavy atom. The minimum Gasteiger partial charge on any atom is -0.394 e. The van der Waals surface area contributed by atoms with Gasteiger partial charge in [0.2, 0.25) is 17.7 Å². The molecule has 3 amide bonds. The molecule has 4 heterocycles. The third kappa shape index (κ3) is 4.29. The van der Waals surface area contributed by atoms with Crippen LogP contribution in [0.4, 0.5) is 0 Å². The van der Waals surface area contributed by atoms with Gasteiger partial charge in [0.25, 0.3) is 0 Å². The summed E-state index contributed by atoms with van der Waals surface area (Å²) in [7, 11) is 0. The number of aliphatic hydroxyl groups is 1. The summed E-state index contributed by atoms with van der Waals surface area (Å²) >= 11 is 0. The number of hydrogen-bond acceptors (Lipinski definition) is 7. The van der Waals surface area contributed by atoms with E-state index >= 15 is 0 Å². The molecule has 1 spiro atoms. The molecule has 6 atom stereocenters. The van der Waals surface area contributed by atoms with Crippen molar-refractivity contribution in [3.63, 3.8) is 0 Å². The number of carbonyl (C=O) groups excluding carboxylic acids is 3. The van der Waals surface area contributed by atoms with Crippen molar-refractivity contribution in [2.75, 3.05) is 6.61 Å². The normalized spacial score (nSPS) is 28.8. The quantitative estimate of drug-likeness (QED) is 0.337. The van der Waals surface area contributed by atoms with Crippen molar-refractivity contribution in [2.45, 2.75) is 76.5 Å². The van der Waals surface area contributed by atoms with Gasteiger partial charge < -0.3 is 25.4 Å².